The highest BCUT2D eigenvalue weighted by atomic mass is 19.3. The van der Waals surface area contributed by atoms with Gasteiger partial charge in [0.05, 0.1) is 13.2 Å². The molecule has 0 bridgehead atoms. The quantitative estimate of drug-likeness (QED) is 0.425. The predicted octanol–water partition coefficient (Wildman–Crippen LogP) is 3.89. The molecule has 0 aliphatic rings. The third kappa shape index (κ3) is 6.14. The lowest BCUT2D eigenvalue weighted by Crippen LogP contribution is -2.36. The SMILES string of the molecule is OCC(O)(Cn1cnc(C=Cc2ccc(OCC(F)(F)C(F)F)cc2)n1)c1ccc(F)cc1F. The van der Waals surface area contributed by atoms with Gasteiger partial charge in [-0.3, -0.25) is 0 Å². The van der Waals surface area contributed by atoms with Crippen molar-refractivity contribution >= 4 is 12.2 Å². The van der Waals surface area contributed by atoms with Gasteiger partial charge >= 0.3 is 12.3 Å². The Bertz CT molecular complexity index is 1140. The van der Waals surface area contributed by atoms with Gasteiger partial charge in [0, 0.05) is 11.6 Å². The van der Waals surface area contributed by atoms with E-state index in [2.05, 4.69) is 14.8 Å². The molecule has 1 aromatic heterocycles. The minimum atomic E-state index is -4.26. The van der Waals surface area contributed by atoms with E-state index < -0.39 is 42.8 Å². The average Bonchev–Trinajstić information content (AvgIpc) is 3.23. The summed E-state index contributed by atoms with van der Waals surface area (Å²) in [5.74, 6) is -5.94. The molecule has 0 saturated carbocycles. The van der Waals surface area contributed by atoms with Gasteiger partial charge in [-0.15, -0.1) is 0 Å². The molecule has 0 radical (unpaired) electrons. The van der Waals surface area contributed by atoms with Crippen molar-refractivity contribution in [3.05, 3.63) is 77.4 Å². The van der Waals surface area contributed by atoms with Gasteiger partial charge in [0.1, 0.15) is 29.3 Å². The summed E-state index contributed by atoms with van der Waals surface area (Å²) in [6.07, 6.45) is 0.454. The Morgan fingerprint density at radius 1 is 1.06 bits per heavy atom. The van der Waals surface area contributed by atoms with E-state index in [1.807, 2.05) is 0 Å². The summed E-state index contributed by atoms with van der Waals surface area (Å²) in [6.45, 7) is -2.69. The number of aliphatic hydroxyl groups excluding tert-OH is 1. The van der Waals surface area contributed by atoms with E-state index in [1.165, 1.54) is 41.4 Å². The number of aliphatic hydroxyl groups is 2. The lowest BCUT2D eigenvalue weighted by Gasteiger charge is -2.26. The second kappa shape index (κ2) is 10.3. The number of benzene rings is 2. The van der Waals surface area contributed by atoms with Crippen molar-refractivity contribution in [2.75, 3.05) is 13.2 Å². The molecule has 34 heavy (non-hydrogen) atoms. The molecule has 1 atom stereocenters. The Morgan fingerprint density at radius 2 is 1.76 bits per heavy atom. The minimum absolute atomic E-state index is 0.0174. The van der Waals surface area contributed by atoms with Crippen molar-refractivity contribution in [1.29, 1.82) is 0 Å². The first kappa shape index (κ1) is 25.2. The van der Waals surface area contributed by atoms with Crippen LogP contribution in [0.15, 0.2) is 48.8 Å². The summed E-state index contributed by atoms with van der Waals surface area (Å²) >= 11 is 0. The molecule has 0 saturated heterocycles. The van der Waals surface area contributed by atoms with Crippen LogP contribution in [0.2, 0.25) is 0 Å². The van der Waals surface area contributed by atoms with E-state index in [9.17, 15) is 36.6 Å². The Morgan fingerprint density at radius 3 is 2.38 bits per heavy atom. The maximum Gasteiger partial charge on any atom is 0.340 e. The van der Waals surface area contributed by atoms with Crippen molar-refractivity contribution in [1.82, 2.24) is 14.8 Å². The largest absolute Gasteiger partial charge is 0.487 e. The molecule has 3 rings (SSSR count). The van der Waals surface area contributed by atoms with Crippen molar-refractivity contribution in [3.63, 3.8) is 0 Å². The van der Waals surface area contributed by atoms with E-state index >= 15 is 0 Å². The Hall–Kier alpha value is -3.38. The van der Waals surface area contributed by atoms with Gasteiger partial charge in [-0.05, 0) is 29.8 Å². The Labute approximate surface area is 189 Å². The van der Waals surface area contributed by atoms with Gasteiger partial charge in [-0.2, -0.15) is 13.9 Å². The third-order valence-corrected chi connectivity index (χ3v) is 4.73. The summed E-state index contributed by atoms with van der Waals surface area (Å²) in [4.78, 5) is 4.01. The molecule has 12 heteroatoms. The molecule has 182 valence electrons. The van der Waals surface area contributed by atoms with Crippen molar-refractivity contribution in [3.8, 4) is 5.75 Å². The molecule has 0 aliphatic carbocycles. The number of nitrogens with zero attached hydrogens (tertiary/aromatic N) is 3. The van der Waals surface area contributed by atoms with Gasteiger partial charge < -0.3 is 14.9 Å². The first-order chi connectivity index (χ1) is 16.0. The van der Waals surface area contributed by atoms with Crippen molar-refractivity contribution < 1.29 is 41.3 Å². The monoisotopic (exact) mass is 487 g/mol. The molecule has 6 nitrogen and oxygen atoms in total. The van der Waals surface area contributed by atoms with Crippen LogP contribution in [0.5, 0.6) is 5.75 Å². The molecule has 1 heterocycles. The van der Waals surface area contributed by atoms with Crippen LogP contribution in [-0.2, 0) is 12.1 Å². The van der Waals surface area contributed by atoms with Crippen LogP contribution < -0.4 is 4.74 Å². The molecule has 2 N–H and O–H groups in total. The maximum atomic E-state index is 14.1. The Balaban J connectivity index is 1.64. The van der Waals surface area contributed by atoms with E-state index in [-0.39, 0.29) is 23.7 Å². The second-order valence-electron chi connectivity index (χ2n) is 7.37. The fraction of sp³-hybridized carbons (Fsp3) is 0.273. The highest BCUT2D eigenvalue weighted by Crippen LogP contribution is 2.27. The van der Waals surface area contributed by atoms with Gasteiger partial charge in [0.25, 0.3) is 0 Å². The van der Waals surface area contributed by atoms with Crippen molar-refractivity contribution in [2.24, 2.45) is 0 Å². The van der Waals surface area contributed by atoms with Gasteiger partial charge in [-0.1, -0.05) is 24.3 Å². The van der Waals surface area contributed by atoms with Gasteiger partial charge in [-0.25, -0.2) is 27.2 Å². The molecule has 0 amide bonds. The molecule has 0 spiro atoms. The van der Waals surface area contributed by atoms with Crippen LogP contribution in [0, 0.1) is 11.6 Å². The molecular weight excluding hydrogens is 468 g/mol. The van der Waals surface area contributed by atoms with Crippen LogP contribution in [0.1, 0.15) is 17.0 Å². The number of aromatic nitrogens is 3. The predicted molar refractivity (Wildman–Crippen MR) is 109 cm³/mol. The second-order valence-corrected chi connectivity index (χ2v) is 7.37. The lowest BCUT2D eigenvalue weighted by atomic mass is 9.94. The number of halogens is 6. The fourth-order valence-electron chi connectivity index (χ4n) is 2.91. The van der Waals surface area contributed by atoms with E-state index in [0.717, 1.165) is 12.1 Å². The lowest BCUT2D eigenvalue weighted by molar-refractivity contribution is -0.148. The molecule has 0 fully saturated rings. The fourth-order valence-corrected chi connectivity index (χ4v) is 2.91. The van der Waals surface area contributed by atoms with E-state index in [0.29, 0.717) is 11.6 Å². The van der Waals surface area contributed by atoms with Crippen LogP contribution in [0.4, 0.5) is 26.3 Å². The zero-order valence-corrected chi connectivity index (χ0v) is 17.4. The van der Waals surface area contributed by atoms with Gasteiger partial charge in [0.15, 0.2) is 12.4 Å². The number of alkyl halides is 4. The Kier molecular flexibility index (Phi) is 7.62. The number of hydrogen-bond donors (Lipinski definition) is 2. The normalized spacial score (nSPS) is 14.0. The van der Waals surface area contributed by atoms with Crippen LogP contribution in [0.3, 0.4) is 0 Å². The topological polar surface area (TPSA) is 80.4 Å². The molecule has 3 aromatic rings. The molecule has 1 unspecified atom stereocenters. The summed E-state index contributed by atoms with van der Waals surface area (Å²) in [7, 11) is 0. The van der Waals surface area contributed by atoms with E-state index in [4.69, 9.17) is 0 Å². The first-order valence-electron chi connectivity index (χ1n) is 9.77. The zero-order valence-electron chi connectivity index (χ0n) is 17.4. The molecule has 2 aromatic carbocycles. The summed E-state index contributed by atoms with van der Waals surface area (Å²) in [6, 6.07) is 8.20. The highest BCUT2D eigenvalue weighted by molar-refractivity contribution is 5.66. The summed E-state index contributed by atoms with van der Waals surface area (Å²) in [5, 5.41) is 24.4. The van der Waals surface area contributed by atoms with E-state index in [1.54, 1.807) is 6.08 Å². The maximum absolute atomic E-state index is 14.1. The number of rotatable bonds is 10. The summed E-state index contributed by atoms with van der Waals surface area (Å²) in [5.41, 5.74) is -1.80. The average molecular weight is 487 g/mol. The van der Waals surface area contributed by atoms with Crippen LogP contribution >= 0.6 is 0 Å². The number of hydrogen-bond acceptors (Lipinski definition) is 5. The molecule has 0 aliphatic heterocycles. The highest BCUT2D eigenvalue weighted by Gasteiger charge is 2.41. The number of ether oxygens (including phenoxy) is 1. The zero-order chi connectivity index (χ0) is 24.9. The molecular formula is C22H19F6N3O3. The van der Waals surface area contributed by atoms with Crippen LogP contribution in [0.25, 0.3) is 12.2 Å². The third-order valence-electron chi connectivity index (χ3n) is 4.73. The van der Waals surface area contributed by atoms with Crippen molar-refractivity contribution in [2.45, 2.75) is 24.5 Å². The summed E-state index contributed by atoms with van der Waals surface area (Å²) < 4.78 is 83.2. The van der Waals surface area contributed by atoms with Gasteiger partial charge in [0.2, 0.25) is 0 Å². The van der Waals surface area contributed by atoms with Crippen LogP contribution in [-0.4, -0.2) is 50.5 Å². The minimum Gasteiger partial charge on any atom is -0.487 e. The smallest absolute Gasteiger partial charge is 0.340 e. The standard InChI is InChI=1S/C22H19F6N3O3/c23-15-4-7-17(18(24)9-15)21(33,11-32)10-31-13-29-19(30-31)8-3-14-1-5-16(6-2-14)34-12-22(27,28)20(25)26/h1-9,13,20,32-33H,10-12H2. The first-order valence-corrected chi connectivity index (χ1v) is 9.77.